The molecule has 0 radical (unpaired) electrons. The van der Waals surface area contributed by atoms with E-state index in [2.05, 4.69) is 17.0 Å². The minimum atomic E-state index is -0.992. The summed E-state index contributed by atoms with van der Waals surface area (Å²) >= 11 is 0. The lowest BCUT2D eigenvalue weighted by Gasteiger charge is -2.21. The zero-order chi connectivity index (χ0) is 14.8. The number of aliphatic hydroxyl groups is 1. The molecule has 3 rings (SSSR count). The smallest absolute Gasteiger partial charge is 0.129 e. The molecule has 1 N–H and O–H groups in total. The maximum atomic E-state index is 13.6. The fourth-order valence-corrected chi connectivity index (χ4v) is 2.84. The number of hydrogen-bond donors (Lipinski definition) is 1. The molecule has 0 saturated carbocycles. The molecule has 0 fully saturated rings. The Labute approximate surface area is 122 Å². The highest BCUT2D eigenvalue weighted by atomic mass is 19.1. The Morgan fingerprint density at radius 1 is 1.14 bits per heavy atom. The van der Waals surface area contributed by atoms with Gasteiger partial charge in [-0.25, -0.2) is 8.78 Å². The Balaban J connectivity index is 1.67. The third kappa shape index (κ3) is 2.90. The van der Waals surface area contributed by atoms with E-state index in [0.29, 0.717) is 13.0 Å². The van der Waals surface area contributed by atoms with Crippen LogP contribution in [0.1, 0.15) is 23.7 Å². The summed E-state index contributed by atoms with van der Waals surface area (Å²) in [5.41, 5.74) is 2.50. The SMILES string of the molecule is OC(CCN1CCc2ccccc21)c1cc(F)ccc1F. The van der Waals surface area contributed by atoms with Crippen LogP contribution in [0.4, 0.5) is 14.5 Å². The standard InChI is InChI=1S/C17H17F2NO/c18-13-5-6-15(19)14(11-13)17(21)8-10-20-9-7-12-3-1-2-4-16(12)20/h1-6,11,17,21H,7-10H2. The van der Waals surface area contributed by atoms with Gasteiger partial charge < -0.3 is 10.0 Å². The largest absolute Gasteiger partial charge is 0.388 e. The number of nitrogens with zero attached hydrogens (tertiary/aromatic N) is 1. The van der Waals surface area contributed by atoms with E-state index in [4.69, 9.17) is 0 Å². The van der Waals surface area contributed by atoms with Crippen molar-refractivity contribution in [3.63, 3.8) is 0 Å². The van der Waals surface area contributed by atoms with Crippen molar-refractivity contribution < 1.29 is 13.9 Å². The van der Waals surface area contributed by atoms with E-state index in [0.717, 1.165) is 31.2 Å². The van der Waals surface area contributed by atoms with Gasteiger partial charge in [0.05, 0.1) is 6.10 Å². The van der Waals surface area contributed by atoms with Gasteiger partial charge in [0.25, 0.3) is 0 Å². The highest BCUT2D eigenvalue weighted by Gasteiger charge is 2.20. The normalized spacial score (nSPS) is 15.1. The number of aliphatic hydroxyl groups excluding tert-OH is 1. The molecule has 2 aromatic rings. The molecular formula is C17H17F2NO. The van der Waals surface area contributed by atoms with Crippen LogP contribution < -0.4 is 4.90 Å². The predicted octanol–water partition coefficient (Wildman–Crippen LogP) is 3.45. The van der Waals surface area contributed by atoms with Gasteiger partial charge in [-0.1, -0.05) is 18.2 Å². The molecule has 0 spiro atoms. The van der Waals surface area contributed by atoms with Gasteiger partial charge in [0.1, 0.15) is 11.6 Å². The second-order valence-electron chi connectivity index (χ2n) is 5.34. The van der Waals surface area contributed by atoms with Crippen LogP contribution in [0.25, 0.3) is 0 Å². The fraction of sp³-hybridized carbons (Fsp3) is 0.294. The second kappa shape index (κ2) is 5.82. The molecular weight excluding hydrogens is 272 g/mol. The molecule has 4 heteroatoms. The summed E-state index contributed by atoms with van der Waals surface area (Å²) in [6, 6.07) is 11.3. The molecule has 0 aliphatic carbocycles. The summed E-state index contributed by atoms with van der Waals surface area (Å²) in [7, 11) is 0. The first-order valence-electron chi connectivity index (χ1n) is 7.11. The van der Waals surface area contributed by atoms with E-state index in [1.54, 1.807) is 0 Å². The van der Waals surface area contributed by atoms with Gasteiger partial charge in [-0.15, -0.1) is 0 Å². The molecule has 0 amide bonds. The molecule has 110 valence electrons. The van der Waals surface area contributed by atoms with Crippen LogP contribution in [0, 0.1) is 11.6 Å². The number of para-hydroxylation sites is 1. The van der Waals surface area contributed by atoms with E-state index in [-0.39, 0.29) is 5.56 Å². The zero-order valence-corrected chi connectivity index (χ0v) is 11.6. The Kier molecular flexibility index (Phi) is 3.88. The number of hydrogen-bond acceptors (Lipinski definition) is 2. The maximum Gasteiger partial charge on any atom is 0.129 e. The van der Waals surface area contributed by atoms with Crippen LogP contribution in [0.15, 0.2) is 42.5 Å². The highest BCUT2D eigenvalue weighted by Crippen LogP contribution is 2.29. The lowest BCUT2D eigenvalue weighted by molar-refractivity contribution is 0.164. The van der Waals surface area contributed by atoms with E-state index in [9.17, 15) is 13.9 Å². The van der Waals surface area contributed by atoms with Crippen LogP contribution in [-0.2, 0) is 6.42 Å². The quantitative estimate of drug-likeness (QED) is 0.932. The van der Waals surface area contributed by atoms with Gasteiger partial charge in [-0.2, -0.15) is 0 Å². The average Bonchev–Trinajstić information content (AvgIpc) is 2.90. The number of benzene rings is 2. The summed E-state index contributed by atoms with van der Waals surface area (Å²) in [4.78, 5) is 2.18. The summed E-state index contributed by atoms with van der Waals surface area (Å²) in [6.45, 7) is 1.52. The third-order valence-electron chi connectivity index (χ3n) is 3.97. The van der Waals surface area contributed by atoms with Crippen LogP contribution in [0.2, 0.25) is 0 Å². The minimum Gasteiger partial charge on any atom is -0.388 e. The molecule has 1 aliphatic heterocycles. The third-order valence-corrected chi connectivity index (χ3v) is 3.97. The summed E-state index contributed by atoms with van der Waals surface area (Å²) in [6.07, 6.45) is 0.364. The molecule has 1 atom stereocenters. The fourth-order valence-electron chi connectivity index (χ4n) is 2.84. The van der Waals surface area contributed by atoms with Crippen molar-refractivity contribution in [2.75, 3.05) is 18.0 Å². The molecule has 2 aromatic carbocycles. The van der Waals surface area contributed by atoms with Crippen molar-refractivity contribution in [2.45, 2.75) is 18.9 Å². The maximum absolute atomic E-state index is 13.6. The van der Waals surface area contributed by atoms with Crippen LogP contribution in [0.5, 0.6) is 0 Å². The lowest BCUT2D eigenvalue weighted by atomic mass is 10.1. The highest BCUT2D eigenvalue weighted by molar-refractivity contribution is 5.57. The molecule has 2 nitrogen and oxygen atoms in total. The van der Waals surface area contributed by atoms with E-state index >= 15 is 0 Å². The van der Waals surface area contributed by atoms with Crippen LogP contribution >= 0.6 is 0 Å². The van der Waals surface area contributed by atoms with Gasteiger partial charge in [-0.3, -0.25) is 0 Å². The number of rotatable bonds is 4. The van der Waals surface area contributed by atoms with Crippen molar-refractivity contribution in [1.29, 1.82) is 0 Å². The Morgan fingerprint density at radius 3 is 2.81 bits per heavy atom. The van der Waals surface area contributed by atoms with Gasteiger partial charge in [0.15, 0.2) is 0 Å². The molecule has 21 heavy (non-hydrogen) atoms. The molecule has 1 heterocycles. The molecule has 0 bridgehead atoms. The van der Waals surface area contributed by atoms with Crippen molar-refractivity contribution in [3.05, 3.63) is 65.2 Å². The van der Waals surface area contributed by atoms with Crippen LogP contribution in [0.3, 0.4) is 0 Å². The predicted molar refractivity (Wildman–Crippen MR) is 78.3 cm³/mol. The van der Waals surface area contributed by atoms with Crippen LogP contribution in [-0.4, -0.2) is 18.2 Å². The summed E-state index contributed by atoms with van der Waals surface area (Å²) < 4.78 is 26.8. The average molecular weight is 289 g/mol. The minimum absolute atomic E-state index is 0.0301. The first kappa shape index (κ1) is 14.0. The Bertz CT molecular complexity index is 644. The first-order valence-corrected chi connectivity index (χ1v) is 7.11. The van der Waals surface area contributed by atoms with Gasteiger partial charge in [0, 0.05) is 24.3 Å². The molecule has 0 aromatic heterocycles. The lowest BCUT2D eigenvalue weighted by Crippen LogP contribution is -2.23. The zero-order valence-electron chi connectivity index (χ0n) is 11.6. The first-order chi connectivity index (χ1) is 10.1. The number of halogens is 2. The van der Waals surface area contributed by atoms with E-state index < -0.39 is 17.7 Å². The van der Waals surface area contributed by atoms with Gasteiger partial charge in [-0.05, 0) is 42.7 Å². The van der Waals surface area contributed by atoms with Gasteiger partial charge >= 0.3 is 0 Å². The van der Waals surface area contributed by atoms with E-state index in [1.807, 2.05) is 12.1 Å². The van der Waals surface area contributed by atoms with Gasteiger partial charge in [0.2, 0.25) is 0 Å². The topological polar surface area (TPSA) is 23.5 Å². The summed E-state index contributed by atoms with van der Waals surface area (Å²) in [5, 5.41) is 10.1. The van der Waals surface area contributed by atoms with Crippen molar-refractivity contribution in [1.82, 2.24) is 0 Å². The Morgan fingerprint density at radius 2 is 1.95 bits per heavy atom. The monoisotopic (exact) mass is 289 g/mol. The van der Waals surface area contributed by atoms with E-state index in [1.165, 1.54) is 11.3 Å². The molecule has 0 saturated heterocycles. The van der Waals surface area contributed by atoms with Crippen molar-refractivity contribution in [2.24, 2.45) is 0 Å². The van der Waals surface area contributed by atoms with Crippen molar-refractivity contribution in [3.8, 4) is 0 Å². The number of fused-ring (bicyclic) bond motifs is 1. The molecule has 1 aliphatic rings. The summed E-state index contributed by atoms with van der Waals surface area (Å²) in [5.74, 6) is -1.09. The number of anilines is 1. The molecule has 1 unspecified atom stereocenters. The second-order valence-corrected chi connectivity index (χ2v) is 5.34. The van der Waals surface area contributed by atoms with Crippen molar-refractivity contribution >= 4 is 5.69 Å². The Hall–Kier alpha value is -1.94.